The van der Waals surface area contributed by atoms with Crippen molar-refractivity contribution in [1.29, 1.82) is 0 Å². The molecule has 8 heteroatoms. The van der Waals surface area contributed by atoms with E-state index in [1.165, 1.54) is 6.21 Å². The van der Waals surface area contributed by atoms with Gasteiger partial charge < -0.3 is 15.4 Å². The highest BCUT2D eigenvalue weighted by molar-refractivity contribution is 6.35. The maximum Gasteiger partial charge on any atom is 0.329 e. The average Bonchev–Trinajstić information content (AvgIpc) is 2.73. The van der Waals surface area contributed by atoms with Gasteiger partial charge in [0.2, 0.25) is 0 Å². The summed E-state index contributed by atoms with van der Waals surface area (Å²) in [5.74, 6) is -1.30. The zero-order valence-electron chi connectivity index (χ0n) is 16.4. The number of rotatable bonds is 8. The van der Waals surface area contributed by atoms with Gasteiger partial charge in [0.05, 0.1) is 6.21 Å². The molecule has 2 aromatic carbocycles. The Morgan fingerprint density at radius 3 is 2.41 bits per heavy atom. The first-order valence-corrected chi connectivity index (χ1v) is 9.25. The number of amides is 3. The summed E-state index contributed by atoms with van der Waals surface area (Å²) in [7, 11) is 0. The Morgan fingerprint density at radius 1 is 1.00 bits per heavy atom. The molecule has 0 saturated carbocycles. The van der Waals surface area contributed by atoms with Crippen molar-refractivity contribution in [1.82, 2.24) is 10.7 Å². The summed E-state index contributed by atoms with van der Waals surface area (Å²) in [6, 6.07) is 14.4. The minimum absolute atomic E-state index is 0.117. The zero-order chi connectivity index (χ0) is 21.1. The van der Waals surface area contributed by atoms with Crippen molar-refractivity contribution in [3.05, 3.63) is 59.7 Å². The molecule has 2 aromatic rings. The molecule has 3 amide bonds. The van der Waals surface area contributed by atoms with Crippen molar-refractivity contribution in [2.24, 2.45) is 5.10 Å². The zero-order valence-corrected chi connectivity index (χ0v) is 16.4. The van der Waals surface area contributed by atoms with Crippen LogP contribution in [0.5, 0.6) is 5.75 Å². The van der Waals surface area contributed by atoms with Crippen LogP contribution in [0.25, 0.3) is 0 Å². The van der Waals surface area contributed by atoms with Crippen LogP contribution in [0.1, 0.15) is 25.0 Å². The van der Waals surface area contributed by atoms with Gasteiger partial charge in [-0.3, -0.25) is 14.4 Å². The molecule has 0 aliphatic carbocycles. The van der Waals surface area contributed by atoms with E-state index in [-0.39, 0.29) is 12.5 Å². The molecular weight excluding hydrogens is 372 g/mol. The Hall–Kier alpha value is -3.68. The standard InChI is InChI=1S/C21H24N4O4/c1-3-16-7-5-6-8-18(16)24-19(26)14-29-17-11-9-15(10-12-17)13-23-25-21(28)20(27)22-4-2/h5-13H,3-4,14H2,1-2H3,(H,22,27)(H,24,26)(H,25,28)/b23-13-. The number of carbonyl (C=O) groups excluding carboxylic acids is 3. The highest BCUT2D eigenvalue weighted by Crippen LogP contribution is 2.16. The topological polar surface area (TPSA) is 109 Å². The third kappa shape index (κ3) is 7.10. The minimum atomic E-state index is -0.835. The van der Waals surface area contributed by atoms with Crippen molar-refractivity contribution in [2.75, 3.05) is 18.5 Å². The van der Waals surface area contributed by atoms with Gasteiger partial charge in [0.15, 0.2) is 6.61 Å². The highest BCUT2D eigenvalue weighted by Gasteiger charge is 2.10. The van der Waals surface area contributed by atoms with Crippen molar-refractivity contribution in [2.45, 2.75) is 20.3 Å². The predicted molar refractivity (Wildman–Crippen MR) is 111 cm³/mol. The summed E-state index contributed by atoms with van der Waals surface area (Å²) in [6.45, 7) is 3.98. The van der Waals surface area contributed by atoms with E-state index in [0.717, 1.165) is 17.7 Å². The van der Waals surface area contributed by atoms with E-state index in [9.17, 15) is 14.4 Å². The van der Waals surface area contributed by atoms with E-state index in [4.69, 9.17) is 4.74 Å². The number of hydrazone groups is 1. The van der Waals surface area contributed by atoms with E-state index in [1.54, 1.807) is 31.2 Å². The van der Waals surface area contributed by atoms with Gasteiger partial charge in [0, 0.05) is 12.2 Å². The Labute approximate surface area is 169 Å². The third-order valence-electron chi connectivity index (χ3n) is 3.85. The van der Waals surface area contributed by atoms with Gasteiger partial charge in [-0.05, 0) is 54.8 Å². The number of carbonyl (C=O) groups is 3. The summed E-state index contributed by atoms with van der Waals surface area (Å²) in [4.78, 5) is 34.8. The molecule has 0 aliphatic heterocycles. The van der Waals surface area contributed by atoms with Gasteiger partial charge >= 0.3 is 11.8 Å². The smallest absolute Gasteiger partial charge is 0.329 e. The summed E-state index contributed by atoms with van der Waals surface area (Å²) in [5.41, 5.74) is 4.67. The average molecular weight is 396 g/mol. The van der Waals surface area contributed by atoms with Crippen LogP contribution < -0.4 is 20.8 Å². The van der Waals surface area contributed by atoms with Gasteiger partial charge in [-0.1, -0.05) is 25.1 Å². The van der Waals surface area contributed by atoms with Crippen LogP contribution in [0.3, 0.4) is 0 Å². The molecule has 0 bridgehead atoms. The largest absolute Gasteiger partial charge is 0.484 e. The van der Waals surface area contributed by atoms with Crippen molar-refractivity contribution in [3.8, 4) is 5.75 Å². The number of ether oxygens (including phenoxy) is 1. The fourth-order valence-corrected chi connectivity index (χ4v) is 2.39. The number of benzene rings is 2. The lowest BCUT2D eigenvalue weighted by atomic mass is 10.1. The molecule has 0 fully saturated rings. The molecule has 29 heavy (non-hydrogen) atoms. The molecule has 152 valence electrons. The van der Waals surface area contributed by atoms with E-state index in [1.807, 2.05) is 31.2 Å². The van der Waals surface area contributed by atoms with E-state index >= 15 is 0 Å². The maximum atomic E-state index is 12.1. The van der Waals surface area contributed by atoms with Crippen LogP contribution in [0.15, 0.2) is 53.6 Å². The molecule has 0 aromatic heterocycles. The number of nitrogens with zero attached hydrogens (tertiary/aromatic N) is 1. The Morgan fingerprint density at radius 2 is 1.72 bits per heavy atom. The van der Waals surface area contributed by atoms with Crippen LogP contribution in [0, 0.1) is 0 Å². The van der Waals surface area contributed by atoms with Crippen LogP contribution >= 0.6 is 0 Å². The van der Waals surface area contributed by atoms with Crippen LogP contribution in [0.2, 0.25) is 0 Å². The van der Waals surface area contributed by atoms with E-state index in [0.29, 0.717) is 17.9 Å². The van der Waals surface area contributed by atoms with Gasteiger partial charge in [0.25, 0.3) is 5.91 Å². The van der Waals surface area contributed by atoms with Gasteiger partial charge in [-0.2, -0.15) is 5.10 Å². The fraction of sp³-hybridized carbons (Fsp3) is 0.238. The first kappa shape index (κ1) is 21.6. The number of aryl methyl sites for hydroxylation is 1. The lowest BCUT2D eigenvalue weighted by molar-refractivity contribution is -0.139. The molecule has 0 spiro atoms. The minimum Gasteiger partial charge on any atom is -0.484 e. The van der Waals surface area contributed by atoms with Crippen molar-refractivity contribution < 1.29 is 19.1 Å². The Bertz CT molecular complexity index is 879. The molecule has 0 heterocycles. The Kier molecular flexibility index (Phi) is 8.37. The fourth-order valence-electron chi connectivity index (χ4n) is 2.39. The van der Waals surface area contributed by atoms with Crippen LogP contribution in [0.4, 0.5) is 5.69 Å². The number of anilines is 1. The summed E-state index contributed by atoms with van der Waals surface area (Å²) in [6.07, 6.45) is 2.22. The summed E-state index contributed by atoms with van der Waals surface area (Å²) >= 11 is 0. The number of hydrogen-bond donors (Lipinski definition) is 3. The number of para-hydroxylation sites is 1. The molecule has 0 radical (unpaired) electrons. The lowest BCUT2D eigenvalue weighted by Gasteiger charge is -2.10. The van der Waals surface area contributed by atoms with Gasteiger partial charge in [0.1, 0.15) is 5.75 Å². The normalized spacial score (nSPS) is 10.4. The molecular formula is C21H24N4O4. The van der Waals surface area contributed by atoms with Crippen molar-refractivity contribution in [3.63, 3.8) is 0 Å². The number of nitrogens with one attached hydrogen (secondary N) is 3. The predicted octanol–water partition coefficient (Wildman–Crippen LogP) is 1.85. The second-order valence-corrected chi connectivity index (χ2v) is 5.98. The van der Waals surface area contributed by atoms with E-state index < -0.39 is 11.8 Å². The maximum absolute atomic E-state index is 12.1. The molecule has 0 unspecified atom stereocenters. The second kappa shape index (κ2) is 11.2. The Balaban J connectivity index is 1.81. The third-order valence-corrected chi connectivity index (χ3v) is 3.85. The lowest BCUT2D eigenvalue weighted by Crippen LogP contribution is -2.37. The molecule has 0 atom stereocenters. The molecule has 8 nitrogen and oxygen atoms in total. The first-order valence-electron chi connectivity index (χ1n) is 9.25. The SMILES string of the molecule is CCNC(=O)C(=O)N/N=C\c1ccc(OCC(=O)Nc2ccccc2CC)cc1. The van der Waals surface area contributed by atoms with Gasteiger partial charge in [-0.15, -0.1) is 0 Å². The molecule has 0 aliphatic rings. The van der Waals surface area contributed by atoms with Crippen LogP contribution in [-0.4, -0.2) is 37.1 Å². The van der Waals surface area contributed by atoms with Crippen molar-refractivity contribution >= 4 is 29.6 Å². The van der Waals surface area contributed by atoms with Gasteiger partial charge in [-0.25, -0.2) is 5.43 Å². The number of likely N-dealkylation sites (N-methyl/N-ethyl adjacent to an activating group) is 1. The monoisotopic (exact) mass is 396 g/mol. The summed E-state index contributed by atoms with van der Waals surface area (Å²) in [5, 5.41) is 8.94. The quantitative estimate of drug-likeness (QED) is 0.359. The first-order chi connectivity index (χ1) is 14.0. The molecule has 0 saturated heterocycles. The molecule has 2 rings (SSSR count). The summed E-state index contributed by atoms with van der Waals surface area (Å²) < 4.78 is 5.49. The van der Waals surface area contributed by atoms with Crippen LogP contribution in [-0.2, 0) is 20.8 Å². The second-order valence-electron chi connectivity index (χ2n) is 5.98. The highest BCUT2D eigenvalue weighted by atomic mass is 16.5. The number of hydrogen-bond acceptors (Lipinski definition) is 5. The van der Waals surface area contributed by atoms with E-state index in [2.05, 4.69) is 21.2 Å². The molecule has 3 N–H and O–H groups in total.